The molecule has 0 saturated carbocycles. The lowest BCUT2D eigenvalue weighted by Crippen LogP contribution is -1.93. The quantitative estimate of drug-likeness (QED) is 0.326. The molecule has 0 bridgehead atoms. The van der Waals surface area contributed by atoms with Crippen LogP contribution in [0.15, 0.2) is 40.9 Å². The van der Waals surface area contributed by atoms with Crippen molar-refractivity contribution < 1.29 is 18.6 Å². The molecule has 0 unspecified atom stereocenters. The Bertz CT molecular complexity index is 1030. The Labute approximate surface area is 195 Å². The molecule has 2 nitrogen and oxygen atoms in total. The van der Waals surface area contributed by atoms with Gasteiger partial charge in [-0.3, -0.25) is 0 Å². The van der Waals surface area contributed by atoms with Crippen molar-refractivity contribution in [3.63, 3.8) is 0 Å². The second-order valence-corrected chi connectivity index (χ2v) is 8.32. The molecule has 0 saturated heterocycles. The van der Waals surface area contributed by atoms with Gasteiger partial charge in [-0.2, -0.15) is 0 Å². The molecule has 154 valence electrons. The van der Waals surface area contributed by atoms with Crippen molar-refractivity contribution in [3.8, 4) is 17.2 Å². The molecular weight excluding hydrogens is 532 g/mol. The maximum atomic E-state index is 14.0. The Balaban J connectivity index is 0.000000253. The number of phenols is 1. The summed E-state index contributed by atoms with van der Waals surface area (Å²) in [5.74, 6) is -1.49. The van der Waals surface area contributed by atoms with Crippen LogP contribution in [0.3, 0.4) is 0 Å². The molecule has 0 heterocycles. The van der Waals surface area contributed by atoms with Crippen LogP contribution in [0.1, 0.15) is 11.1 Å². The van der Waals surface area contributed by atoms with Crippen molar-refractivity contribution in [1.82, 2.24) is 0 Å². The zero-order valence-electron chi connectivity index (χ0n) is 15.0. The fourth-order valence-corrected chi connectivity index (χ4v) is 3.34. The minimum absolute atomic E-state index is 0.0445. The van der Waals surface area contributed by atoms with E-state index in [1.165, 1.54) is 18.2 Å². The van der Waals surface area contributed by atoms with E-state index in [-0.39, 0.29) is 21.5 Å². The summed E-state index contributed by atoms with van der Waals surface area (Å²) in [6.45, 7) is 3.18. The van der Waals surface area contributed by atoms with Gasteiger partial charge in [0.15, 0.2) is 23.1 Å². The minimum Gasteiger partial charge on any atom is -0.504 e. The van der Waals surface area contributed by atoms with Crippen molar-refractivity contribution in [2.45, 2.75) is 13.8 Å². The molecule has 9 heteroatoms. The normalized spacial score (nSPS) is 10.4. The monoisotopic (exact) mass is 542 g/mol. The van der Waals surface area contributed by atoms with Crippen LogP contribution in [0, 0.1) is 25.5 Å². The average molecular weight is 545 g/mol. The van der Waals surface area contributed by atoms with E-state index in [9.17, 15) is 8.78 Å². The van der Waals surface area contributed by atoms with E-state index in [1.807, 2.05) is 0 Å². The van der Waals surface area contributed by atoms with E-state index in [2.05, 4.69) is 15.9 Å². The number of hydrogen-bond acceptors (Lipinski definition) is 2. The van der Waals surface area contributed by atoms with Gasteiger partial charge in [-0.1, -0.05) is 58.5 Å². The first-order valence-electron chi connectivity index (χ1n) is 7.93. The van der Waals surface area contributed by atoms with E-state index < -0.39 is 17.4 Å². The molecule has 0 aromatic heterocycles. The highest BCUT2D eigenvalue weighted by molar-refractivity contribution is 9.10. The van der Waals surface area contributed by atoms with E-state index in [4.69, 9.17) is 56.2 Å². The third-order valence-electron chi connectivity index (χ3n) is 3.67. The lowest BCUT2D eigenvalue weighted by Gasteiger charge is -2.12. The van der Waals surface area contributed by atoms with Gasteiger partial charge in [0.05, 0.1) is 15.1 Å². The first-order valence-corrected chi connectivity index (χ1v) is 10.2. The van der Waals surface area contributed by atoms with Gasteiger partial charge in [0.2, 0.25) is 0 Å². The smallest absolute Gasteiger partial charge is 0.181 e. The van der Waals surface area contributed by atoms with Crippen LogP contribution < -0.4 is 4.74 Å². The standard InChI is InChI=1S/C13H7BrCl3FO.C7H6ClFO/c1-6-2-3-9(16)13(12(6)18)19-10-5-7(15)4-8(14)11(10)17;1-4-2-3-5(8)7(10)6(4)9/h2-5H,1H3;2-3,10H,1H3. The van der Waals surface area contributed by atoms with E-state index in [1.54, 1.807) is 32.0 Å². The molecular formula is C20H13BrCl4F2O2. The summed E-state index contributed by atoms with van der Waals surface area (Å²) >= 11 is 26.5. The Hall–Kier alpha value is -1.24. The zero-order chi connectivity index (χ0) is 21.9. The van der Waals surface area contributed by atoms with Crippen LogP contribution in [0.4, 0.5) is 8.78 Å². The fourth-order valence-electron chi connectivity index (χ4n) is 2.08. The van der Waals surface area contributed by atoms with Gasteiger partial charge in [0.25, 0.3) is 0 Å². The lowest BCUT2D eigenvalue weighted by molar-refractivity contribution is 0.430. The predicted molar refractivity (Wildman–Crippen MR) is 118 cm³/mol. The van der Waals surface area contributed by atoms with Crippen LogP contribution in [-0.4, -0.2) is 5.11 Å². The second-order valence-electron chi connectivity index (χ2n) is 5.84. The number of hydrogen-bond donors (Lipinski definition) is 1. The lowest BCUT2D eigenvalue weighted by atomic mass is 10.2. The fraction of sp³-hybridized carbons (Fsp3) is 0.100. The van der Waals surface area contributed by atoms with Crippen molar-refractivity contribution >= 4 is 62.3 Å². The summed E-state index contributed by atoms with van der Waals surface area (Å²) in [6.07, 6.45) is 0. The number of halogens is 7. The van der Waals surface area contributed by atoms with E-state index in [0.29, 0.717) is 25.6 Å². The SMILES string of the molecule is Cc1ccc(Cl)c(O)c1F.Cc1ccc(Cl)c(Oc2cc(Cl)cc(Br)c2Cl)c1F. The molecule has 0 spiro atoms. The number of rotatable bonds is 2. The first kappa shape index (κ1) is 24.0. The first-order chi connectivity index (χ1) is 13.5. The van der Waals surface area contributed by atoms with Crippen LogP contribution in [0.25, 0.3) is 0 Å². The molecule has 29 heavy (non-hydrogen) atoms. The van der Waals surface area contributed by atoms with Crippen molar-refractivity contribution in [3.05, 3.63) is 83.7 Å². The topological polar surface area (TPSA) is 29.5 Å². The molecule has 0 amide bonds. The van der Waals surface area contributed by atoms with E-state index >= 15 is 0 Å². The summed E-state index contributed by atoms with van der Waals surface area (Å²) < 4.78 is 32.7. The molecule has 0 fully saturated rings. The third-order valence-corrected chi connectivity index (χ3v) is 5.74. The van der Waals surface area contributed by atoms with Crippen LogP contribution >= 0.6 is 62.3 Å². The van der Waals surface area contributed by atoms with Crippen LogP contribution in [0.5, 0.6) is 17.2 Å². The van der Waals surface area contributed by atoms with Gasteiger partial charge in [-0.05, 0) is 59.1 Å². The van der Waals surface area contributed by atoms with Gasteiger partial charge in [0, 0.05) is 15.6 Å². The van der Waals surface area contributed by atoms with Crippen molar-refractivity contribution in [2.75, 3.05) is 0 Å². The Morgan fingerprint density at radius 1 is 0.862 bits per heavy atom. The summed E-state index contributed by atoms with van der Waals surface area (Å²) in [6, 6.07) is 9.20. The Morgan fingerprint density at radius 3 is 2.00 bits per heavy atom. The van der Waals surface area contributed by atoms with Crippen LogP contribution in [-0.2, 0) is 0 Å². The van der Waals surface area contributed by atoms with Gasteiger partial charge in [-0.15, -0.1) is 0 Å². The molecule has 0 atom stereocenters. The summed E-state index contributed by atoms with van der Waals surface area (Å²) in [4.78, 5) is 0. The predicted octanol–water partition coefficient (Wildman–Crippen LogP) is 9.14. The highest BCUT2D eigenvalue weighted by Gasteiger charge is 2.16. The maximum Gasteiger partial charge on any atom is 0.181 e. The maximum absolute atomic E-state index is 14.0. The van der Waals surface area contributed by atoms with Crippen molar-refractivity contribution in [2.24, 2.45) is 0 Å². The molecule has 0 aliphatic rings. The summed E-state index contributed by atoms with van der Waals surface area (Å²) in [5.41, 5.74) is 0.818. The minimum atomic E-state index is -0.646. The average Bonchev–Trinajstić information content (AvgIpc) is 2.67. The number of benzene rings is 3. The Morgan fingerprint density at radius 2 is 1.41 bits per heavy atom. The third kappa shape index (κ3) is 5.89. The largest absolute Gasteiger partial charge is 0.504 e. The molecule has 3 aromatic carbocycles. The van der Waals surface area contributed by atoms with Gasteiger partial charge < -0.3 is 9.84 Å². The molecule has 0 aliphatic heterocycles. The number of aromatic hydroxyl groups is 1. The van der Waals surface area contributed by atoms with Gasteiger partial charge in [0.1, 0.15) is 5.75 Å². The summed E-state index contributed by atoms with van der Waals surface area (Å²) in [5, 5.41) is 9.79. The zero-order valence-corrected chi connectivity index (χ0v) is 19.6. The Kier molecular flexibility index (Phi) is 8.44. The number of ether oxygens (including phenoxy) is 1. The molecule has 0 aliphatic carbocycles. The van der Waals surface area contributed by atoms with Crippen molar-refractivity contribution in [1.29, 1.82) is 0 Å². The number of phenolic OH excluding ortho intramolecular Hbond substituents is 1. The molecule has 0 radical (unpaired) electrons. The molecule has 1 N–H and O–H groups in total. The molecule has 3 aromatic rings. The summed E-state index contributed by atoms with van der Waals surface area (Å²) in [7, 11) is 0. The highest BCUT2D eigenvalue weighted by atomic mass is 79.9. The number of aryl methyl sites for hydroxylation is 2. The van der Waals surface area contributed by atoms with Gasteiger partial charge in [-0.25, -0.2) is 8.78 Å². The highest BCUT2D eigenvalue weighted by Crippen LogP contribution is 2.41. The van der Waals surface area contributed by atoms with Gasteiger partial charge >= 0.3 is 0 Å². The molecule has 3 rings (SSSR count). The van der Waals surface area contributed by atoms with Crippen LogP contribution in [0.2, 0.25) is 20.1 Å². The van der Waals surface area contributed by atoms with E-state index in [0.717, 1.165) is 0 Å². The second kappa shape index (κ2) is 10.2.